The summed E-state index contributed by atoms with van der Waals surface area (Å²) >= 11 is 9.53. The first-order chi connectivity index (χ1) is 10.2. The van der Waals surface area contributed by atoms with Gasteiger partial charge in [-0.3, -0.25) is 0 Å². The molecule has 0 aliphatic heterocycles. The van der Waals surface area contributed by atoms with Gasteiger partial charge in [-0.05, 0) is 24.7 Å². The molecule has 0 unspecified atom stereocenters. The Morgan fingerprint density at radius 2 is 1.38 bits per heavy atom. The Morgan fingerprint density at radius 3 is 1.81 bits per heavy atom. The largest absolute Gasteiger partial charge is 0.412 e. The van der Waals surface area contributed by atoms with E-state index < -0.39 is 0 Å². The zero-order valence-electron chi connectivity index (χ0n) is 13.6. The maximum Gasteiger partial charge on any atom is 0.0742 e. The Kier molecular flexibility index (Phi) is 11.5. The minimum Gasteiger partial charge on any atom is -0.412 e. The molecule has 4 N–H and O–H groups in total. The molecule has 2 aliphatic rings. The van der Waals surface area contributed by atoms with E-state index in [9.17, 15) is 0 Å². The van der Waals surface area contributed by atoms with E-state index in [4.69, 9.17) is 24.8 Å². The first-order valence-electron chi connectivity index (χ1n) is 8.96. The van der Waals surface area contributed by atoms with Crippen LogP contribution in [0.1, 0.15) is 77.0 Å². The first kappa shape index (κ1) is 19.1. The lowest BCUT2D eigenvalue weighted by molar-refractivity contribution is -0.370. The molecule has 0 aromatic rings. The third kappa shape index (κ3) is 10.4. The predicted octanol–water partition coefficient (Wildman–Crippen LogP) is 3.58. The third-order valence-electron chi connectivity index (χ3n) is 4.88. The molecule has 0 atom stereocenters. The number of nitrogens with one attached hydrogen (secondary N) is 1. The molecule has 0 aromatic heterocycles. The summed E-state index contributed by atoms with van der Waals surface area (Å²) < 4.78 is 0.519. The molecule has 2 rings (SSSR count). The van der Waals surface area contributed by atoms with Crippen molar-refractivity contribution in [3.63, 3.8) is 0 Å². The summed E-state index contributed by atoms with van der Waals surface area (Å²) in [5.41, 5.74) is 3.88. The highest BCUT2D eigenvalue weighted by molar-refractivity contribution is 8.00. The van der Waals surface area contributed by atoms with Crippen LogP contribution >= 0.6 is 12.2 Å². The second kappa shape index (κ2) is 12.6. The lowest BCUT2D eigenvalue weighted by Gasteiger charge is -2.22. The normalized spacial score (nSPS) is 20.4. The van der Waals surface area contributed by atoms with Crippen molar-refractivity contribution in [2.45, 2.75) is 77.0 Å². The van der Waals surface area contributed by atoms with Gasteiger partial charge in [0.2, 0.25) is 0 Å². The highest BCUT2D eigenvalue weighted by Gasteiger charge is 2.12. The van der Waals surface area contributed by atoms with Crippen molar-refractivity contribution in [1.29, 1.82) is 0 Å². The fourth-order valence-corrected chi connectivity index (χ4v) is 3.82. The van der Waals surface area contributed by atoms with Crippen molar-refractivity contribution in [2.75, 3.05) is 13.1 Å². The maximum absolute atomic E-state index is 4.77. The van der Waals surface area contributed by atoms with E-state index in [1.54, 1.807) is 0 Å². The van der Waals surface area contributed by atoms with Crippen LogP contribution in [-0.4, -0.2) is 17.4 Å². The standard InChI is InChI=1S/C9H17NS2.C8H17N/c11-9(12)10-7-6-8-4-2-1-3-5-8;9-7-6-8-4-2-1-3-5-8/h8H,1-7H2,(H2,10,11,12);8H,1-7,9H2. The van der Waals surface area contributed by atoms with Gasteiger partial charge in [0.25, 0.3) is 0 Å². The van der Waals surface area contributed by atoms with Crippen LogP contribution < -0.4 is 11.1 Å². The van der Waals surface area contributed by atoms with E-state index in [1.165, 1.54) is 77.0 Å². The Balaban J connectivity index is 0.000000219. The molecule has 0 radical (unpaired) electrons. The second-order valence-electron chi connectivity index (χ2n) is 6.65. The Morgan fingerprint density at radius 1 is 0.905 bits per heavy atom. The average Bonchev–Trinajstić information content (AvgIpc) is 2.50. The summed E-state index contributed by atoms with van der Waals surface area (Å²) in [6.07, 6.45) is 17.1. The number of hydrogen-bond acceptors (Lipinski definition) is 2. The molecule has 0 bridgehead atoms. The first-order valence-corrected chi connectivity index (χ1v) is 9.78. The molecular weight excluding hydrogens is 296 g/mol. The molecule has 0 saturated heterocycles. The highest BCUT2D eigenvalue weighted by Crippen LogP contribution is 2.26. The van der Waals surface area contributed by atoms with Gasteiger partial charge in [-0.2, -0.15) is 0 Å². The molecule has 2 aliphatic carbocycles. The van der Waals surface area contributed by atoms with Crippen molar-refractivity contribution in [1.82, 2.24) is 5.32 Å². The van der Waals surface area contributed by atoms with Crippen LogP contribution in [0.5, 0.6) is 0 Å². The van der Waals surface area contributed by atoms with Crippen LogP contribution in [0.4, 0.5) is 0 Å². The lowest BCUT2D eigenvalue weighted by Crippen LogP contribution is -2.50. The quantitative estimate of drug-likeness (QED) is 0.598. The van der Waals surface area contributed by atoms with Gasteiger partial charge in [0, 0.05) is 6.54 Å². The summed E-state index contributed by atoms with van der Waals surface area (Å²) in [6, 6.07) is 0. The molecule has 124 valence electrons. The Labute approximate surface area is 142 Å². The summed E-state index contributed by atoms with van der Waals surface area (Å²) in [4.78, 5) is 0. The van der Waals surface area contributed by atoms with Crippen molar-refractivity contribution in [2.24, 2.45) is 11.8 Å². The molecule has 2 saturated carbocycles. The van der Waals surface area contributed by atoms with Crippen LogP contribution in [0.2, 0.25) is 0 Å². The number of rotatable bonds is 5. The van der Waals surface area contributed by atoms with Crippen molar-refractivity contribution in [3.8, 4) is 0 Å². The minimum absolute atomic E-state index is 0.519. The minimum atomic E-state index is 0.519. The zero-order chi connectivity index (χ0) is 15.3. The van der Waals surface area contributed by atoms with Gasteiger partial charge >= 0.3 is 0 Å². The lowest BCUT2D eigenvalue weighted by atomic mass is 9.87. The zero-order valence-corrected chi connectivity index (χ0v) is 15.2. The second-order valence-corrected chi connectivity index (χ2v) is 7.73. The van der Waals surface area contributed by atoms with Crippen LogP contribution in [0.3, 0.4) is 0 Å². The predicted molar refractivity (Wildman–Crippen MR) is 98.1 cm³/mol. The molecule has 0 amide bonds. The molecule has 2 nitrogen and oxygen atoms in total. The molecule has 2 fully saturated rings. The number of quaternary nitrogens is 1. The molecular formula is C17H34N2S2. The van der Waals surface area contributed by atoms with Gasteiger partial charge < -0.3 is 35.9 Å². The SMILES string of the molecule is S=C([S-])NCCC1CCCCC1.[NH3+]CCC1CCCCC1. The van der Waals surface area contributed by atoms with E-state index in [-0.39, 0.29) is 0 Å². The number of thiocarbonyl (C=S) groups is 1. The fraction of sp³-hybridized carbons (Fsp3) is 0.941. The fourth-order valence-electron chi connectivity index (χ4n) is 3.62. The third-order valence-corrected chi connectivity index (χ3v) is 5.17. The summed E-state index contributed by atoms with van der Waals surface area (Å²) in [5.74, 6) is 1.96. The van der Waals surface area contributed by atoms with E-state index in [0.717, 1.165) is 24.9 Å². The van der Waals surface area contributed by atoms with E-state index >= 15 is 0 Å². The van der Waals surface area contributed by atoms with E-state index in [1.807, 2.05) is 0 Å². The van der Waals surface area contributed by atoms with Crippen LogP contribution in [-0.2, 0) is 12.6 Å². The topological polar surface area (TPSA) is 39.7 Å². The number of hydrogen-bond donors (Lipinski definition) is 2. The van der Waals surface area contributed by atoms with Gasteiger partial charge in [0.05, 0.1) is 6.54 Å². The monoisotopic (exact) mass is 330 g/mol. The van der Waals surface area contributed by atoms with Gasteiger partial charge in [-0.1, -0.05) is 68.5 Å². The molecule has 4 heteroatoms. The summed E-state index contributed by atoms with van der Waals surface area (Å²) in [7, 11) is 0. The van der Waals surface area contributed by atoms with Gasteiger partial charge in [0.1, 0.15) is 0 Å². The van der Waals surface area contributed by atoms with E-state index in [0.29, 0.717) is 4.32 Å². The average molecular weight is 331 g/mol. The molecule has 0 aromatic carbocycles. The molecule has 0 heterocycles. The Bertz CT molecular complexity index is 257. The molecule has 0 spiro atoms. The van der Waals surface area contributed by atoms with Crippen LogP contribution in [0, 0.1) is 11.8 Å². The van der Waals surface area contributed by atoms with Crippen molar-refractivity contribution < 1.29 is 5.73 Å². The van der Waals surface area contributed by atoms with Gasteiger partial charge in [-0.15, -0.1) is 0 Å². The van der Waals surface area contributed by atoms with Gasteiger partial charge in [-0.25, -0.2) is 0 Å². The van der Waals surface area contributed by atoms with E-state index in [2.05, 4.69) is 11.1 Å². The Hall–Kier alpha value is 0.0700. The maximum atomic E-state index is 4.77. The summed E-state index contributed by atoms with van der Waals surface area (Å²) in [6.45, 7) is 2.12. The van der Waals surface area contributed by atoms with Crippen molar-refractivity contribution >= 4 is 29.2 Å². The summed E-state index contributed by atoms with van der Waals surface area (Å²) in [5, 5.41) is 3.04. The smallest absolute Gasteiger partial charge is 0.0742 e. The van der Waals surface area contributed by atoms with Crippen LogP contribution in [0.15, 0.2) is 0 Å². The highest BCUT2D eigenvalue weighted by atomic mass is 32.1. The van der Waals surface area contributed by atoms with Crippen LogP contribution in [0.25, 0.3) is 0 Å². The van der Waals surface area contributed by atoms with Gasteiger partial charge in [0.15, 0.2) is 0 Å². The van der Waals surface area contributed by atoms with Crippen molar-refractivity contribution in [3.05, 3.63) is 0 Å². The molecule has 21 heavy (non-hydrogen) atoms.